The molecule has 0 aliphatic carbocycles. The lowest BCUT2D eigenvalue weighted by Crippen LogP contribution is -2.18. The van der Waals surface area contributed by atoms with Crippen LogP contribution in [-0.4, -0.2) is 13.7 Å². The molecule has 20 heavy (non-hydrogen) atoms. The van der Waals surface area contributed by atoms with E-state index in [0.29, 0.717) is 22.3 Å². The van der Waals surface area contributed by atoms with Gasteiger partial charge in [0, 0.05) is 17.6 Å². The highest BCUT2D eigenvalue weighted by atomic mass is 35.5. The van der Waals surface area contributed by atoms with Gasteiger partial charge in [0.15, 0.2) is 0 Å². The van der Waals surface area contributed by atoms with Crippen LogP contribution in [0.25, 0.3) is 0 Å². The first-order valence-electron chi connectivity index (χ1n) is 6.09. The van der Waals surface area contributed by atoms with Crippen LogP contribution in [0.15, 0.2) is 42.5 Å². The zero-order valence-electron chi connectivity index (χ0n) is 11.0. The largest absolute Gasteiger partial charge is 0.497 e. The number of nitrogens with two attached hydrogens (primary N) is 1. The zero-order chi connectivity index (χ0) is 14.5. The van der Waals surface area contributed by atoms with Gasteiger partial charge in [-0.2, -0.15) is 0 Å². The van der Waals surface area contributed by atoms with Gasteiger partial charge in [-0.05, 0) is 29.8 Å². The highest BCUT2D eigenvalue weighted by molar-refractivity contribution is 6.34. The fraction of sp³-hybridized carbons (Fsp3) is 0.200. The van der Waals surface area contributed by atoms with E-state index in [4.69, 9.17) is 38.4 Å². The third-order valence-corrected chi connectivity index (χ3v) is 3.41. The average Bonchev–Trinajstić information content (AvgIpc) is 2.48. The molecule has 1 unspecified atom stereocenters. The minimum Gasteiger partial charge on any atom is -0.497 e. The maximum absolute atomic E-state index is 6.09. The van der Waals surface area contributed by atoms with Gasteiger partial charge < -0.3 is 15.2 Å². The summed E-state index contributed by atoms with van der Waals surface area (Å²) in [5.74, 6) is 1.30. The molecular formula is C15H15Cl2NO2. The van der Waals surface area contributed by atoms with E-state index in [1.807, 2.05) is 24.3 Å². The van der Waals surface area contributed by atoms with Crippen LogP contribution in [0.5, 0.6) is 11.5 Å². The summed E-state index contributed by atoms with van der Waals surface area (Å²) >= 11 is 12.0. The minimum atomic E-state index is -0.295. The Kier molecular flexibility index (Phi) is 5.12. The third-order valence-electron chi connectivity index (χ3n) is 2.86. The lowest BCUT2D eigenvalue weighted by Gasteiger charge is -2.19. The van der Waals surface area contributed by atoms with Crippen molar-refractivity contribution in [1.29, 1.82) is 0 Å². The number of benzene rings is 2. The molecule has 1 atom stereocenters. The molecule has 0 aromatic heterocycles. The van der Waals surface area contributed by atoms with Gasteiger partial charge in [-0.25, -0.2) is 0 Å². The SMILES string of the molecule is COc1ccc(C(CN)Oc2cc(Cl)ccc2Cl)cc1. The number of rotatable bonds is 5. The number of halogens is 2. The highest BCUT2D eigenvalue weighted by Crippen LogP contribution is 2.31. The Morgan fingerprint density at radius 3 is 2.40 bits per heavy atom. The van der Waals surface area contributed by atoms with Crippen molar-refractivity contribution in [1.82, 2.24) is 0 Å². The molecule has 0 saturated carbocycles. The monoisotopic (exact) mass is 311 g/mol. The fourth-order valence-electron chi connectivity index (χ4n) is 1.79. The molecule has 2 N–H and O–H groups in total. The predicted molar refractivity (Wildman–Crippen MR) is 81.9 cm³/mol. The quantitative estimate of drug-likeness (QED) is 0.904. The molecule has 0 radical (unpaired) electrons. The zero-order valence-corrected chi connectivity index (χ0v) is 12.5. The second kappa shape index (κ2) is 6.84. The first-order valence-corrected chi connectivity index (χ1v) is 6.85. The van der Waals surface area contributed by atoms with Gasteiger partial charge in [0.25, 0.3) is 0 Å². The van der Waals surface area contributed by atoms with Gasteiger partial charge in [-0.1, -0.05) is 35.3 Å². The summed E-state index contributed by atoms with van der Waals surface area (Å²) in [4.78, 5) is 0. The lowest BCUT2D eigenvalue weighted by atomic mass is 10.1. The molecule has 106 valence electrons. The Labute approximate surface area is 128 Å². The van der Waals surface area contributed by atoms with E-state index in [9.17, 15) is 0 Å². The van der Waals surface area contributed by atoms with Crippen LogP contribution in [0.2, 0.25) is 10.0 Å². The first-order chi connectivity index (χ1) is 9.63. The minimum absolute atomic E-state index is 0.295. The van der Waals surface area contributed by atoms with E-state index in [-0.39, 0.29) is 6.10 Å². The molecule has 0 fully saturated rings. The molecule has 0 bridgehead atoms. The maximum atomic E-state index is 6.09. The molecule has 0 aliphatic rings. The summed E-state index contributed by atoms with van der Waals surface area (Å²) in [5.41, 5.74) is 6.73. The normalized spacial score (nSPS) is 12.0. The summed E-state index contributed by atoms with van der Waals surface area (Å²) in [7, 11) is 1.62. The van der Waals surface area contributed by atoms with E-state index in [1.165, 1.54) is 0 Å². The van der Waals surface area contributed by atoms with Gasteiger partial charge in [-0.3, -0.25) is 0 Å². The van der Waals surface area contributed by atoms with Gasteiger partial charge in [0.1, 0.15) is 17.6 Å². The smallest absolute Gasteiger partial charge is 0.140 e. The molecule has 0 aliphatic heterocycles. The molecule has 0 spiro atoms. The molecule has 2 aromatic rings. The number of methoxy groups -OCH3 is 1. The number of hydrogen-bond acceptors (Lipinski definition) is 3. The molecule has 2 rings (SSSR count). The van der Waals surface area contributed by atoms with Crippen LogP contribution in [0.1, 0.15) is 11.7 Å². The van der Waals surface area contributed by atoms with E-state index in [1.54, 1.807) is 25.3 Å². The van der Waals surface area contributed by atoms with E-state index in [2.05, 4.69) is 0 Å². The topological polar surface area (TPSA) is 44.5 Å². The van der Waals surface area contributed by atoms with Crippen molar-refractivity contribution in [3.05, 3.63) is 58.1 Å². The number of hydrogen-bond donors (Lipinski definition) is 1. The van der Waals surface area contributed by atoms with Crippen LogP contribution < -0.4 is 15.2 Å². The third kappa shape index (κ3) is 3.57. The highest BCUT2D eigenvalue weighted by Gasteiger charge is 2.14. The van der Waals surface area contributed by atoms with Crippen LogP contribution in [0.4, 0.5) is 0 Å². The van der Waals surface area contributed by atoms with Crippen molar-refractivity contribution in [2.75, 3.05) is 13.7 Å². The van der Waals surface area contributed by atoms with Gasteiger partial charge in [-0.15, -0.1) is 0 Å². The summed E-state index contributed by atoms with van der Waals surface area (Å²) in [5, 5.41) is 1.07. The van der Waals surface area contributed by atoms with Crippen LogP contribution >= 0.6 is 23.2 Å². The summed E-state index contributed by atoms with van der Waals surface area (Å²) < 4.78 is 11.0. The second-order valence-electron chi connectivity index (χ2n) is 4.19. The predicted octanol–water partition coefficient (Wildman–Crippen LogP) is 4.08. The van der Waals surface area contributed by atoms with E-state index < -0.39 is 0 Å². The van der Waals surface area contributed by atoms with Gasteiger partial charge in [0.2, 0.25) is 0 Å². The standard InChI is InChI=1S/C15H15Cl2NO2/c1-19-12-5-2-10(3-6-12)15(9-18)20-14-8-11(16)4-7-13(14)17/h2-8,15H,9,18H2,1H3. The lowest BCUT2D eigenvalue weighted by molar-refractivity contribution is 0.214. The van der Waals surface area contributed by atoms with Crippen molar-refractivity contribution >= 4 is 23.2 Å². The van der Waals surface area contributed by atoms with E-state index in [0.717, 1.165) is 11.3 Å². The summed E-state index contributed by atoms with van der Waals surface area (Å²) in [6.07, 6.45) is -0.295. The van der Waals surface area contributed by atoms with E-state index >= 15 is 0 Å². The fourth-order valence-corrected chi connectivity index (χ4v) is 2.12. The van der Waals surface area contributed by atoms with Crippen molar-refractivity contribution in [3.8, 4) is 11.5 Å². The van der Waals surface area contributed by atoms with Crippen LogP contribution in [0.3, 0.4) is 0 Å². The Hall–Kier alpha value is -1.42. The van der Waals surface area contributed by atoms with Crippen molar-refractivity contribution in [2.45, 2.75) is 6.10 Å². The maximum Gasteiger partial charge on any atom is 0.140 e. The number of ether oxygens (including phenoxy) is 2. The Morgan fingerprint density at radius 1 is 1.10 bits per heavy atom. The van der Waals surface area contributed by atoms with Crippen LogP contribution in [-0.2, 0) is 0 Å². The average molecular weight is 312 g/mol. The van der Waals surface area contributed by atoms with Crippen molar-refractivity contribution < 1.29 is 9.47 Å². The Bertz CT molecular complexity index is 573. The van der Waals surface area contributed by atoms with Crippen molar-refractivity contribution in [2.24, 2.45) is 5.73 Å². The molecule has 3 nitrogen and oxygen atoms in total. The molecule has 2 aromatic carbocycles. The van der Waals surface area contributed by atoms with Gasteiger partial charge >= 0.3 is 0 Å². The van der Waals surface area contributed by atoms with Crippen LogP contribution in [0, 0.1) is 0 Å². The van der Waals surface area contributed by atoms with Gasteiger partial charge in [0.05, 0.1) is 12.1 Å². The summed E-state index contributed by atoms with van der Waals surface area (Å²) in [6.45, 7) is 0.329. The molecule has 0 saturated heterocycles. The molecular weight excluding hydrogens is 297 g/mol. The summed E-state index contributed by atoms with van der Waals surface area (Å²) in [6, 6.07) is 12.6. The Balaban J connectivity index is 2.21. The van der Waals surface area contributed by atoms with Crippen molar-refractivity contribution in [3.63, 3.8) is 0 Å². The molecule has 5 heteroatoms. The Morgan fingerprint density at radius 2 is 1.80 bits per heavy atom. The first kappa shape index (κ1) is 15.0. The molecule has 0 amide bonds. The second-order valence-corrected chi connectivity index (χ2v) is 5.03. The molecule has 0 heterocycles.